The number of carbonyl (C=O) groups is 2. The Balaban J connectivity index is 4.02. The van der Waals surface area contributed by atoms with Gasteiger partial charge >= 0.3 is 11.9 Å². The van der Waals surface area contributed by atoms with E-state index in [9.17, 15) is 19.0 Å². The number of nitrogens with zero attached hydrogens (tertiary/aromatic N) is 1. The molecule has 426 valence electrons. The van der Waals surface area contributed by atoms with Crippen LogP contribution in [-0.4, -0.2) is 70.0 Å². The molecule has 0 aromatic carbocycles. The van der Waals surface area contributed by atoms with Gasteiger partial charge in [-0.25, -0.2) is 0 Å². The molecule has 2 unspecified atom stereocenters. The molecular weight excluding hydrogens is 918 g/mol. The van der Waals surface area contributed by atoms with Crippen molar-refractivity contribution in [3.8, 4) is 0 Å². The zero-order valence-electron chi connectivity index (χ0n) is 48.4. The molecule has 72 heavy (non-hydrogen) atoms. The third-order valence-corrected chi connectivity index (χ3v) is 14.9. The maximum atomic E-state index is 12.8. The van der Waals surface area contributed by atoms with Gasteiger partial charge in [0.05, 0.1) is 27.7 Å². The molecule has 0 amide bonds. The van der Waals surface area contributed by atoms with Crippen LogP contribution in [0.15, 0.2) is 24.3 Å². The van der Waals surface area contributed by atoms with Crippen LogP contribution >= 0.6 is 7.82 Å². The van der Waals surface area contributed by atoms with E-state index in [0.29, 0.717) is 17.4 Å². The maximum absolute atomic E-state index is 12.8. The first-order chi connectivity index (χ1) is 35.0. The molecule has 0 rings (SSSR count). The molecular formula is C62H120NO8P. The molecule has 0 spiro atoms. The summed E-state index contributed by atoms with van der Waals surface area (Å²) in [6.07, 6.45) is 65.3. The quantitative estimate of drug-likeness (QED) is 0.0195. The summed E-state index contributed by atoms with van der Waals surface area (Å²) in [5, 5.41) is 0. The average molecular weight is 1040 g/mol. The van der Waals surface area contributed by atoms with Gasteiger partial charge in [0.25, 0.3) is 7.82 Å². The number of rotatable bonds is 58. The minimum atomic E-state index is -4.63. The highest BCUT2D eigenvalue weighted by Crippen LogP contribution is 2.38. The van der Waals surface area contributed by atoms with Crippen LogP contribution in [-0.2, 0) is 32.7 Å². The number of likely N-dealkylation sites (N-methyl/N-ethyl adjacent to an activating group) is 1. The maximum Gasteiger partial charge on any atom is 0.306 e. The van der Waals surface area contributed by atoms with E-state index in [0.717, 1.165) is 51.4 Å². The molecule has 2 atom stereocenters. The SMILES string of the molecule is CCCCCC/C=C\C/C=C\CCCCCCCCCC(=O)OC(COC(=O)CCCCCCCCCCCCCCCCCCCCCCCCCCCCCCCC)COP(=O)([O-])OCC[N+](C)(C)C. The monoisotopic (exact) mass is 1040 g/mol. The summed E-state index contributed by atoms with van der Waals surface area (Å²) < 4.78 is 34.2. The fraction of sp³-hybridized carbons (Fsp3) is 0.903. The summed E-state index contributed by atoms with van der Waals surface area (Å²) >= 11 is 0. The number of esters is 2. The van der Waals surface area contributed by atoms with Crippen LogP contribution < -0.4 is 4.89 Å². The van der Waals surface area contributed by atoms with E-state index < -0.39 is 26.5 Å². The number of carbonyl (C=O) groups excluding carboxylic acids is 2. The number of unbranched alkanes of at least 4 members (excludes halogenated alkanes) is 40. The molecule has 10 heteroatoms. The summed E-state index contributed by atoms with van der Waals surface area (Å²) in [7, 11) is 1.17. The topological polar surface area (TPSA) is 111 Å². The summed E-state index contributed by atoms with van der Waals surface area (Å²) in [5.41, 5.74) is 0. The second kappa shape index (κ2) is 54.3. The van der Waals surface area contributed by atoms with E-state index >= 15 is 0 Å². The summed E-state index contributed by atoms with van der Waals surface area (Å²) in [6, 6.07) is 0. The fourth-order valence-electron chi connectivity index (χ4n) is 9.16. The number of hydrogen-bond donors (Lipinski definition) is 0. The molecule has 0 aromatic rings. The first-order valence-corrected chi connectivity index (χ1v) is 32.5. The zero-order chi connectivity index (χ0) is 52.7. The smallest absolute Gasteiger partial charge is 0.306 e. The van der Waals surface area contributed by atoms with Gasteiger partial charge in [-0.2, -0.15) is 0 Å². The first kappa shape index (κ1) is 70.5. The summed E-state index contributed by atoms with van der Waals surface area (Å²) in [6.45, 7) is 4.27. The number of quaternary nitrogens is 1. The molecule has 0 saturated carbocycles. The molecule has 0 aliphatic rings. The van der Waals surface area contributed by atoms with Crippen LogP contribution in [0, 0.1) is 0 Å². The van der Waals surface area contributed by atoms with E-state index in [1.54, 1.807) is 0 Å². The molecule has 0 radical (unpaired) electrons. The zero-order valence-corrected chi connectivity index (χ0v) is 49.3. The Morgan fingerprint density at radius 2 is 0.750 bits per heavy atom. The van der Waals surface area contributed by atoms with Gasteiger partial charge in [-0.05, 0) is 44.9 Å². The van der Waals surface area contributed by atoms with E-state index in [4.69, 9.17) is 18.5 Å². The largest absolute Gasteiger partial charge is 0.756 e. The summed E-state index contributed by atoms with van der Waals surface area (Å²) in [4.78, 5) is 37.9. The van der Waals surface area contributed by atoms with E-state index in [1.165, 1.54) is 225 Å². The minimum Gasteiger partial charge on any atom is -0.756 e. The number of phosphoric ester groups is 1. The van der Waals surface area contributed by atoms with Crippen LogP contribution in [0.25, 0.3) is 0 Å². The van der Waals surface area contributed by atoms with E-state index in [1.807, 2.05) is 21.1 Å². The Bertz CT molecular complexity index is 1270. The molecule has 0 heterocycles. The molecule has 0 aromatic heterocycles. The van der Waals surface area contributed by atoms with Gasteiger partial charge in [0.15, 0.2) is 6.10 Å². The lowest BCUT2D eigenvalue weighted by atomic mass is 10.0. The highest BCUT2D eigenvalue weighted by Gasteiger charge is 2.22. The first-order valence-electron chi connectivity index (χ1n) is 31.0. The van der Waals surface area contributed by atoms with Gasteiger partial charge in [-0.3, -0.25) is 14.2 Å². The third-order valence-electron chi connectivity index (χ3n) is 14.0. The Morgan fingerprint density at radius 1 is 0.431 bits per heavy atom. The van der Waals surface area contributed by atoms with Crippen LogP contribution in [0.5, 0.6) is 0 Å². The van der Waals surface area contributed by atoms with Gasteiger partial charge < -0.3 is 27.9 Å². The van der Waals surface area contributed by atoms with Crippen molar-refractivity contribution in [3.63, 3.8) is 0 Å². The highest BCUT2D eigenvalue weighted by molar-refractivity contribution is 7.45. The van der Waals surface area contributed by atoms with Gasteiger partial charge in [0, 0.05) is 12.8 Å². The minimum absolute atomic E-state index is 0.0301. The number of allylic oxidation sites excluding steroid dienone is 4. The predicted molar refractivity (Wildman–Crippen MR) is 305 cm³/mol. The lowest BCUT2D eigenvalue weighted by molar-refractivity contribution is -0.870. The van der Waals surface area contributed by atoms with Crippen molar-refractivity contribution in [2.45, 2.75) is 315 Å². The van der Waals surface area contributed by atoms with Crippen molar-refractivity contribution in [2.75, 3.05) is 47.5 Å². The van der Waals surface area contributed by atoms with Crippen molar-refractivity contribution in [1.29, 1.82) is 0 Å². The van der Waals surface area contributed by atoms with Crippen molar-refractivity contribution >= 4 is 19.8 Å². The third kappa shape index (κ3) is 57.8. The van der Waals surface area contributed by atoms with Gasteiger partial charge in [0.2, 0.25) is 0 Å². The average Bonchev–Trinajstić information content (AvgIpc) is 3.34. The van der Waals surface area contributed by atoms with Gasteiger partial charge in [-0.1, -0.05) is 276 Å². The van der Waals surface area contributed by atoms with E-state index in [-0.39, 0.29) is 32.0 Å². The number of ether oxygens (including phenoxy) is 2. The molecule has 0 aliphatic carbocycles. The molecule has 0 fully saturated rings. The molecule has 0 saturated heterocycles. The van der Waals surface area contributed by atoms with Crippen LogP contribution in [0.2, 0.25) is 0 Å². The van der Waals surface area contributed by atoms with Crippen LogP contribution in [0.4, 0.5) is 0 Å². The predicted octanol–water partition coefficient (Wildman–Crippen LogP) is 18.7. The Hall–Kier alpha value is -1.51. The van der Waals surface area contributed by atoms with Crippen molar-refractivity contribution < 1.29 is 42.1 Å². The van der Waals surface area contributed by atoms with Crippen molar-refractivity contribution in [1.82, 2.24) is 0 Å². The number of phosphoric acid groups is 1. The van der Waals surface area contributed by atoms with Gasteiger partial charge in [0.1, 0.15) is 19.8 Å². The lowest BCUT2D eigenvalue weighted by Gasteiger charge is -2.28. The Labute approximate surface area is 447 Å². The second-order valence-corrected chi connectivity index (χ2v) is 23.8. The Morgan fingerprint density at radius 3 is 1.11 bits per heavy atom. The second-order valence-electron chi connectivity index (χ2n) is 22.4. The Kier molecular flexibility index (Phi) is 53.1. The summed E-state index contributed by atoms with van der Waals surface area (Å²) in [5.74, 6) is -0.826. The highest BCUT2D eigenvalue weighted by atomic mass is 31.2. The molecule has 0 aliphatic heterocycles. The van der Waals surface area contributed by atoms with Gasteiger partial charge in [-0.15, -0.1) is 0 Å². The fourth-order valence-corrected chi connectivity index (χ4v) is 9.89. The standard InChI is InChI=1S/C62H120NO8P/c1-6-8-10-12-14-16-18-20-22-24-26-27-28-29-30-31-32-33-34-35-36-37-39-40-42-44-46-48-50-52-54-61(64)68-58-60(59-70-72(66,67)69-57-56-63(3,4)5)71-62(65)55-53-51-49-47-45-43-41-38-25-23-21-19-17-15-13-11-9-7-2/h17,19,23,25,60H,6-16,18,20-22,24,26-59H2,1-5H3/b19-17-,25-23-. The van der Waals surface area contributed by atoms with Crippen LogP contribution in [0.1, 0.15) is 309 Å². The normalized spacial score (nSPS) is 13.4. The van der Waals surface area contributed by atoms with Crippen LogP contribution in [0.3, 0.4) is 0 Å². The molecule has 0 bridgehead atoms. The van der Waals surface area contributed by atoms with E-state index in [2.05, 4.69) is 38.2 Å². The molecule has 0 N–H and O–H groups in total. The van der Waals surface area contributed by atoms with Crippen molar-refractivity contribution in [2.24, 2.45) is 0 Å². The number of hydrogen-bond acceptors (Lipinski definition) is 8. The lowest BCUT2D eigenvalue weighted by Crippen LogP contribution is -2.37. The van der Waals surface area contributed by atoms with Crippen molar-refractivity contribution in [3.05, 3.63) is 24.3 Å². The molecule has 9 nitrogen and oxygen atoms in total.